The van der Waals surface area contributed by atoms with E-state index in [1.54, 1.807) is 31.2 Å². The second-order valence-electron chi connectivity index (χ2n) is 8.36. The van der Waals surface area contributed by atoms with Crippen LogP contribution in [0.1, 0.15) is 53.9 Å². The molecule has 3 aromatic rings. The van der Waals surface area contributed by atoms with E-state index >= 15 is 0 Å². The van der Waals surface area contributed by atoms with E-state index in [4.69, 9.17) is 21.1 Å². The number of thiophene rings is 1. The summed E-state index contributed by atoms with van der Waals surface area (Å²) >= 11 is 7.42. The quantitative estimate of drug-likeness (QED) is 0.328. The van der Waals surface area contributed by atoms with Gasteiger partial charge < -0.3 is 20.1 Å². The summed E-state index contributed by atoms with van der Waals surface area (Å²) in [6.07, 6.45) is 4.18. The molecule has 0 bridgehead atoms. The van der Waals surface area contributed by atoms with Crippen LogP contribution < -0.4 is 20.1 Å². The van der Waals surface area contributed by atoms with Crippen LogP contribution in [0.5, 0.6) is 11.5 Å². The van der Waals surface area contributed by atoms with E-state index in [-0.39, 0.29) is 11.8 Å². The molecule has 4 rings (SSSR count). The molecule has 0 spiro atoms. The van der Waals surface area contributed by atoms with Gasteiger partial charge in [-0.15, -0.1) is 11.3 Å². The van der Waals surface area contributed by atoms with E-state index in [2.05, 4.69) is 10.6 Å². The summed E-state index contributed by atoms with van der Waals surface area (Å²) in [5, 5.41) is 7.12. The van der Waals surface area contributed by atoms with E-state index in [1.165, 1.54) is 11.3 Å². The van der Waals surface area contributed by atoms with Crippen molar-refractivity contribution in [3.63, 3.8) is 0 Å². The van der Waals surface area contributed by atoms with E-state index in [1.807, 2.05) is 31.2 Å². The average Bonchev–Trinajstić information content (AvgIpc) is 3.02. The van der Waals surface area contributed by atoms with Crippen LogP contribution in [0.2, 0.25) is 5.02 Å². The van der Waals surface area contributed by atoms with Gasteiger partial charge in [0.25, 0.3) is 11.8 Å². The maximum absolute atomic E-state index is 13.6. The number of anilines is 2. The first-order valence-corrected chi connectivity index (χ1v) is 13.1. The Hall–Kier alpha value is -3.03. The standard InChI is InChI=1S/C27H29ClN2O4S/c1-3-33-22-11-8-7-10-21(22)29-26(32)24-20-9-5-4-6-12-23(20)35-27(24)30-25(31)17(2)34-19-15-13-18(28)14-16-19/h7-8,10-11,13-17H,3-6,9,12H2,1-2H3,(H,29,32)(H,30,31)/t17-/m0/s1. The summed E-state index contributed by atoms with van der Waals surface area (Å²) in [6.45, 7) is 4.08. The minimum atomic E-state index is -0.757. The van der Waals surface area contributed by atoms with Crippen LogP contribution >= 0.6 is 22.9 Å². The number of halogens is 1. The number of benzene rings is 2. The number of carbonyl (C=O) groups excluding carboxylic acids is 2. The van der Waals surface area contributed by atoms with Gasteiger partial charge in [-0.3, -0.25) is 9.59 Å². The first-order chi connectivity index (χ1) is 17.0. The Kier molecular flexibility index (Phi) is 8.31. The molecule has 2 N–H and O–H groups in total. The van der Waals surface area contributed by atoms with Gasteiger partial charge in [0, 0.05) is 9.90 Å². The molecule has 0 aliphatic heterocycles. The fraction of sp³-hybridized carbons (Fsp3) is 0.333. The molecule has 2 aromatic carbocycles. The van der Waals surface area contributed by atoms with Crippen LogP contribution in [0.3, 0.4) is 0 Å². The molecule has 8 heteroatoms. The van der Waals surface area contributed by atoms with E-state index in [0.29, 0.717) is 39.4 Å². The van der Waals surface area contributed by atoms with Crippen molar-refractivity contribution in [2.24, 2.45) is 0 Å². The van der Waals surface area contributed by atoms with E-state index in [9.17, 15) is 9.59 Å². The van der Waals surface area contributed by atoms with Crippen molar-refractivity contribution < 1.29 is 19.1 Å². The highest BCUT2D eigenvalue weighted by atomic mass is 35.5. The fourth-order valence-corrected chi connectivity index (χ4v) is 5.51. The smallest absolute Gasteiger partial charge is 0.265 e. The van der Waals surface area contributed by atoms with E-state index < -0.39 is 6.10 Å². The SMILES string of the molecule is CCOc1ccccc1NC(=O)c1c(NC(=O)[C@H](C)Oc2ccc(Cl)cc2)sc2c1CCCCC2. The predicted molar refractivity (Wildman–Crippen MR) is 141 cm³/mol. The van der Waals surface area contributed by atoms with E-state index in [0.717, 1.165) is 42.5 Å². The zero-order chi connectivity index (χ0) is 24.8. The predicted octanol–water partition coefficient (Wildman–Crippen LogP) is 6.73. The number of amides is 2. The molecular weight excluding hydrogens is 484 g/mol. The average molecular weight is 513 g/mol. The van der Waals surface area contributed by atoms with Gasteiger partial charge in [0.05, 0.1) is 17.9 Å². The Morgan fingerprint density at radius 1 is 1.03 bits per heavy atom. The molecule has 184 valence electrons. The summed E-state index contributed by atoms with van der Waals surface area (Å²) in [4.78, 5) is 27.7. The fourth-order valence-electron chi connectivity index (χ4n) is 4.09. The molecule has 0 radical (unpaired) electrons. The Labute approximate surface area is 214 Å². The molecule has 1 aliphatic carbocycles. The maximum atomic E-state index is 13.6. The van der Waals surface area contributed by atoms with Crippen molar-refractivity contribution in [3.05, 3.63) is 69.6 Å². The second-order valence-corrected chi connectivity index (χ2v) is 9.90. The minimum Gasteiger partial charge on any atom is -0.492 e. The number of carbonyl (C=O) groups is 2. The van der Waals surface area contributed by atoms with Crippen molar-refractivity contribution in [2.75, 3.05) is 17.2 Å². The first kappa shape index (κ1) is 25.1. The Bertz CT molecular complexity index is 1190. The lowest BCUT2D eigenvalue weighted by molar-refractivity contribution is -0.122. The number of rotatable bonds is 8. The number of ether oxygens (including phenoxy) is 2. The van der Waals surface area contributed by atoms with Crippen LogP contribution in [-0.4, -0.2) is 24.5 Å². The van der Waals surface area contributed by atoms with Crippen LogP contribution in [0.15, 0.2) is 48.5 Å². The van der Waals surface area contributed by atoms with Crippen LogP contribution in [0.4, 0.5) is 10.7 Å². The molecule has 0 fully saturated rings. The molecule has 0 unspecified atom stereocenters. The third-order valence-electron chi connectivity index (χ3n) is 5.82. The molecule has 1 aromatic heterocycles. The van der Waals surface area contributed by atoms with Gasteiger partial charge >= 0.3 is 0 Å². The van der Waals surface area contributed by atoms with Crippen LogP contribution in [0, 0.1) is 0 Å². The van der Waals surface area contributed by atoms with Crippen molar-refractivity contribution in [2.45, 2.75) is 52.1 Å². The van der Waals surface area contributed by atoms with Crippen molar-refractivity contribution >= 4 is 45.4 Å². The summed E-state index contributed by atoms with van der Waals surface area (Å²) in [6, 6.07) is 14.2. The number of hydrogen-bond acceptors (Lipinski definition) is 5. The third-order valence-corrected chi connectivity index (χ3v) is 7.28. The highest BCUT2D eigenvalue weighted by Gasteiger charge is 2.27. The summed E-state index contributed by atoms with van der Waals surface area (Å²) in [5.41, 5.74) is 2.16. The Morgan fingerprint density at radius 2 is 1.77 bits per heavy atom. The van der Waals surface area contributed by atoms with Gasteiger partial charge in [0.1, 0.15) is 16.5 Å². The van der Waals surface area contributed by atoms with Gasteiger partial charge in [-0.1, -0.05) is 30.2 Å². The molecule has 1 heterocycles. The summed E-state index contributed by atoms with van der Waals surface area (Å²) in [5.74, 6) is 0.586. The number of fused-ring (bicyclic) bond motifs is 1. The monoisotopic (exact) mass is 512 g/mol. The normalized spacial score (nSPS) is 13.8. The van der Waals surface area contributed by atoms with Gasteiger partial charge in [-0.25, -0.2) is 0 Å². The Morgan fingerprint density at radius 3 is 2.54 bits per heavy atom. The molecular formula is C27H29ClN2O4S. The molecule has 6 nitrogen and oxygen atoms in total. The zero-order valence-electron chi connectivity index (χ0n) is 19.9. The van der Waals surface area contributed by atoms with Crippen LogP contribution in [-0.2, 0) is 17.6 Å². The minimum absolute atomic E-state index is 0.252. The topological polar surface area (TPSA) is 76.7 Å². The highest BCUT2D eigenvalue weighted by Crippen LogP contribution is 2.38. The molecule has 35 heavy (non-hydrogen) atoms. The largest absolute Gasteiger partial charge is 0.492 e. The molecule has 0 saturated heterocycles. The maximum Gasteiger partial charge on any atom is 0.265 e. The van der Waals surface area contributed by atoms with Gasteiger partial charge in [0.15, 0.2) is 6.10 Å². The van der Waals surface area contributed by atoms with Crippen molar-refractivity contribution in [1.82, 2.24) is 0 Å². The molecule has 0 saturated carbocycles. The summed E-state index contributed by atoms with van der Waals surface area (Å²) < 4.78 is 11.5. The number of hydrogen-bond donors (Lipinski definition) is 2. The molecule has 1 aliphatic rings. The lowest BCUT2D eigenvalue weighted by Crippen LogP contribution is -2.30. The number of nitrogens with one attached hydrogen (secondary N) is 2. The van der Waals surface area contributed by atoms with Crippen molar-refractivity contribution in [3.8, 4) is 11.5 Å². The number of aryl methyl sites for hydroxylation is 1. The van der Waals surface area contributed by atoms with Gasteiger partial charge in [0.2, 0.25) is 0 Å². The van der Waals surface area contributed by atoms with Gasteiger partial charge in [-0.2, -0.15) is 0 Å². The van der Waals surface area contributed by atoms with Gasteiger partial charge in [-0.05, 0) is 81.5 Å². The molecule has 2 amide bonds. The lowest BCUT2D eigenvalue weighted by Gasteiger charge is -2.16. The Balaban J connectivity index is 1.58. The summed E-state index contributed by atoms with van der Waals surface area (Å²) in [7, 11) is 0. The third kappa shape index (κ3) is 6.16. The zero-order valence-corrected chi connectivity index (χ0v) is 21.4. The first-order valence-electron chi connectivity index (χ1n) is 11.9. The van der Waals surface area contributed by atoms with Crippen molar-refractivity contribution in [1.29, 1.82) is 0 Å². The molecule has 1 atom stereocenters. The number of para-hydroxylation sites is 2. The lowest BCUT2D eigenvalue weighted by atomic mass is 10.0. The van der Waals surface area contributed by atoms with Crippen LogP contribution in [0.25, 0.3) is 0 Å². The second kappa shape index (κ2) is 11.6. The highest BCUT2D eigenvalue weighted by molar-refractivity contribution is 7.17.